The second kappa shape index (κ2) is 7.64. The molecule has 0 amide bonds. The van der Waals surface area contributed by atoms with Crippen molar-refractivity contribution in [1.82, 2.24) is 10.3 Å². The molecule has 1 heterocycles. The van der Waals surface area contributed by atoms with Gasteiger partial charge in [-0.3, -0.25) is 0 Å². The van der Waals surface area contributed by atoms with E-state index in [0.29, 0.717) is 12.4 Å². The molecule has 120 valence electrons. The van der Waals surface area contributed by atoms with Crippen LogP contribution < -0.4 is 10.2 Å². The highest BCUT2D eigenvalue weighted by Crippen LogP contribution is 2.24. The van der Waals surface area contributed by atoms with Crippen molar-refractivity contribution >= 4 is 5.82 Å². The first-order chi connectivity index (χ1) is 9.73. The summed E-state index contributed by atoms with van der Waals surface area (Å²) >= 11 is 0. The van der Waals surface area contributed by atoms with Gasteiger partial charge in [0.15, 0.2) is 0 Å². The monoisotopic (exact) mass is 303 g/mol. The molecule has 6 heteroatoms. The van der Waals surface area contributed by atoms with Gasteiger partial charge < -0.3 is 10.2 Å². The smallest absolute Gasteiger partial charge is 0.345 e. The summed E-state index contributed by atoms with van der Waals surface area (Å²) in [6.07, 6.45) is -3.22. The molecule has 0 spiro atoms. The van der Waals surface area contributed by atoms with Crippen LogP contribution in [0.25, 0.3) is 0 Å². The molecule has 1 rings (SSSR count). The van der Waals surface area contributed by atoms with E-state index in [-0.39, 0.29) is 6.04 Å². The highest BCUT2D eigenvalue weighted by Gasteiger charge is 2.32. The molecule has 0 saturated carbocycles. The number of alkyl halides is 3. The molecule has 1 N–H and O–H groups in total. The lowest BCUT2D eigenvalue weighted by Gasteiger charge is -2.29. The molecule has 0 radical (unpaired) electrons. The van der Waals surface area contributed by atoms with E-state index in [4.69, 9.17) is 0 Å². The number of anilines is 1. The molecule has 0 aliphatic carbocycles. The maximum Gasteiger partial charge on any atom is 0.405 e. The van der Waals surface area contributed by atoms with Gasteiger partial charge in [-0.25, -0.2) is 4.98 Å². The predicted molar refractivity (Wildman–Crippen MR) is 79.5 cm³/mol. The summed E-state index contributed by atoms with van der Waals surface area (Å²) in [6, 6.07) is 3.37. The highest BCUT2D eigenvalue weighted by atomic mass is 19.4. The Bertz CT molecular complexity index is 444. The minimum atomic E-state index is -4.24. The fourth-order valence-corrected chi connectivity index (χ4v) is 2.10. The largest absolute Gasteiger partial charge is 0.405 e. The molecule has 1 aromatic heterocycles. The first kappa shape index (κ1) is 17.8. The van der Waals surface area contributed by atoms with Crippen molar-refractivity contribution in [2.45, 2.75) is 52.9 Å². The van der Waals surface area contributed by atoms with Crippen molar-refractivity contribution < 1.29 is 13.2 Å². The number of hydrogen-bond donors (Lipinski definition) is 1. The number of nitrogens with zero attached hydrogens (tertiary/aromatic N) is 2. The van der Waals surface area contributed by atoms with Crippen molar-refractivity contribution in [3.05, 3.63) is 23.4 Å². The normalized spacial score (nSPS) is 12.0. The zero-order valence-corrected chi connectivity index (χ0v) is 13.1. The van der Waals surface area contributed by atoms with Crippen molar-refractivity contribution in [1.29, 1.82) is 0 Å². The van der Waals surface area contributed by atoms with Gasteiger partial charge in [-0.05, 0) is 51.4 Å². The number of hydrogen-bond acceptors (Lipinski definition) is 3. The van der Waals surface area contributed by atoms with Gasteiger partial charge >= 0.3 is 6.18 Å². The Morgan fingerprint density at radius 3 is 2.48 bits per heavy atom. The molecule has 0 fully saturated rings. The molecule has 3 nitrogen and oxygen atoms in total. The van der Waals surface area contributed by atoms with Crippen LogP contribution in [0.4, 0.5) is 19.0 Å². The predicted octanol–water partition coefficient (Wildman–Crippen LogP) is 3.67. The first-order valence-electron chi connectivity index (χ1n) is 7.24. The summed E-state index contributed by atoms with van der Waals surface area (Å²) in [5.74, 6) is 0.385. The number of nitrogens with one attached hydrogen (secondary N) is 1. The van der Waals surface area contributed by atoms with Gasteiger partial charge in [0.05, 0.1) is 0 Å². The highest BCUT2D eigenvalue weighted by molar-refractivity contribution is 5.43. The fourth-order valence-electron chi connectivity index (χ4n) is 2.10. The lowest BCUT2D eigenvalue weighted by molar-refractivity contribution is -0.120. The fraction of sp³-hybridized carbons (Fsp3) is 0.667. The summed E-state index contributed by atoms with van der Waals surface area (Å²) < 4.78 is 38.2. The average molecular weight is 303 g/mol. The summed E-state index contributed by atoms with van der Waals surface area (Å²) in [7, 11) is 0. The van der Waals surface area contributed by atoms with E-state index in [1.807, 2.05) is 6.07 Å². The van der Waals surface area contributed by atoms with Crippen LogP contribution in [-0.2, 0) is 6.54 Å². The van der Waals surface area contributed by atoms with E-state index in [2.05, 4.69) is 17.2 Å². The summed E-state index contributed by atoms with van der Waals surface area (Å²) in [5, 5.41) is 3.25. The number of rotatable bonds is 7. The SMILES string of the molecule is CCCNCc1cc(C)nc(N(CC(F)(F)F)C(C)C)c1. The topological polar surface area (TPSA) is 28.2 Å². The minimum Gasteiger partial charge on any atom is -0.345 e. The Balaban J connectivity index is 2.97. The molecule has 0 aliphatic rings. The standard InChI is InChI=1S/C15H24F3N3/c1-5-6-19-9-13-7-12(4)20-14(8-13)21(11(2)3)10-15(16,17)18/h7-8,11,19H,5-6,9-10H2,1-4H3. The van der Waals surface area contributed by atoms with Crippen LogP contribution in [0.2, 0.25) is 0 Å². The molecular formula is C15H24F3N3. The Kier molecular flexibility index (Phi) is 6.45. The van der Waals surface area contributed by atoms with Crippen molar-refractivity contribution in [3.8, 4) is 0 Å². The minimum absolute atomic E-state index is 0.266. The van der Waals surface area contributed by atoms with Gasteiger partial charge in [-0.2, -0.15) is 13.2 Å². The van der Waals surface area contributed by atoms with Gasteiger partial charge in [-0.1, -0.05) is 6.92 Å². The van der Waals surface area contributed by atoms with Crippen molar-refractivity contribution in [2.24, 2.45) is 0 Å². The van der Waals surface area contributed by atoms with E-state index in [9.17, 15) is 13.2 Å². The third kappa shape index (κ3) is 6.33. The first-order valence-corrected chi connectivity index (χ1v) is 7.24. The molecule has 0 aliphatic heterocycles. The molecule has 0 unspecified atom stereocenters. The Morgan fingerprint density at radius 2 is 1.95 bits per heavy atom. The van der Waals surface area contributed by atoms with Gasteiger partial charge in [0.2, 0.25) is 0 Å². The van der Waals surface area contributed by atoms with E-state index < -0.39 is 12.7 Å². The zero-order chi connectivity index (χ0) is 16.0. The van der Waals surface area contributed by atoms with Gasteiger partial charge in [0, 0.05) is 18.3 Å². The van der Waals surface area contributed by atoms with Gasteiger partial charge in [-0.15, -0.1) is 0 Å². The van der Waals surface area contributed by atoms with Crippen molar-refractivity contribution in [3.63, 3.8) is 0 Å². The third-order valence-corrected chi connectivity index (χ3v) is 3.02. The summed E-state index contributed by atoms with van der Waals surface area (Å²) in [6.45, 7) is 7.90. The maximum absolute atomic E-state index is 12.7. The van der Waals surface area contributed by atoms with E-state index in [1.54, 1.807) is 26.8 Å². The van der Waals surface area contributed by atoms with E-state index in [1.165, 1.54) is 4.90 Å². The van der Waals surface area contributed by atoms with Gasteiger partial charge in [0.1, 0.15) is 12.4 Å². The second-order valence-electron chi connectivity index (χ2n) is 5.49. The van der Waals surface area contributed by atoms with Crippen LogP contribution in [0.15, 0.2) is 12.1 Å². The van der Waals surface area contributed by atoms with E-state index in [0.717, 1.165) is 24.2 Å². The molecule has 21 heavy (non-hydrogen) atoms. The average Bonchev–Trinajstić information content (AvgIpc) is 2.34. The van der Waals surface area contributed by atoms with Gasteiger partial charge in [0.25, 0.3) is 0 Å². The molecule has 0 atom stereocenters. The molecule has 0 bridgehead atoms. The summed E-state index contributed by atoms with van der Waals surface area (Å²) in [5.41, 5.74) is 1.69. The Hall–Kier alpha value is -1.30. The second-order valence-corrected chi connectivity index (χ2v) is 5.49. The van der Waals surface area contributed by atoms with Crippen LogP contribution >= 0.6 is 0 Å². The van der Waals surface area contributed by atoms with Crippen molar-refractivity contribution in [2.75, 3.05) is 18.0 Å². The van der Waals surface area contributed by atoms with Crippen LogP contribution in [0.5, 0.6) is 0 Å². The Morgan fingerprint density at radius 1 is 1.29 bits per heavy atom. The van der Waals surface area contributed by atoms with Crippen LogP contribution in [0.3, 0.4) is 0 Å². The van der Waals surface area contributed by atoms with Crippen LogP contribution in [0.1, 0.15) is 38.4 Å². The molecule has 0 aromatic carbocycles. The summed E-state index contributed by atoms with van der Waals surface area (Å²) in [4.78, 5) is 5.55. The lowest BCUT2D eigenvalue weighted by Crippen LogP contribution is -2.39. The number of halogens is 3. The molecule has 0 saturated heterocycles. The van der Waals surface area contributed by atoms with Crippen LogP contribution in [0, 0.1) is 6.92 Å². The molecule has 1 aromatic rings. The zero-order valence-electron chi connectivity index (χ0n) is 13.1. The maximum atomic E-state index is 12.7. The molecular weight excluding hydrogens is 279 g/mol. The third-order valence-electron chi connectivity index (χ3n) is 3.02. The Labute approximate surface area is 124 Å². The number of pyridine rings is 1. The quantitative estimate of drug-likeness (QED) is 0.779. The van der Waals surface area contributed by atoms with Crippen LogP contribution in [-0.4, -0.2) is 30.3 Å². The number of aryl methyl sites for hydroxylation is 1. The van der Waals surface area contributed by atoms with E-state index >= 15 is 0 Å². The number of aromatic nitrogens is 1. The lowest BCUT2D eigenvalue weighted by atomic mass is 10.2.